The fraction of sp³-hybridized carbons (Fsp3) is 0.562. The Bertz CT molecular complexity index is 415. The van der Waals surface area contributed by atoms with Crippen molar-refractivity contribution in [1.82, 2.24) is 10.2 Å². The van der Waals surface area contributed by atoms with Crippen molar-refractivity contribution in [3.8, 4) is 0 Å². The summed E-state index contributed by atoms with van der Waals surface area (Å²) in [4.78, 5) is 14.3. The van der Waals surface area contributed by atoms with Gasteiger partial charge in [0.2, 0.25) is 5.91 Å². The van der Waals surface area contributed by atoms with Gasteiger partial charge < -0.3 is 16.0 Å². The molecule has 2 rings (SSSR count). The van der Waals surface area contributed by atoms with Gasteiger partial charge in [0.05, 0.1) is 0 Å². The van der Waals surface area contributed by atoms with E-state index in [1.807, 2.05) is 30.3 Å². The first-order valence-electron chi connectivity index (χ1n) is 7.47. The van der Waals surface area contributed by atoms with Crippen LogP contribution in [0.15, 0.2) is 30.3 Å². The van der Waals surface area contributed by atoms with Gasteiger partial charge in [0.1, 0.15) is 6.04 Å². The van der Waals surface area contributed by atoms with Crippen molar-refractivity contribution in [2.75, 3.05) is 20.1 Å². The number of likely N-dealkylation sites (N-methyl/N-ethyl adjacent to an activating group) is 1. The Morgan fingerprint density at radius 2 is 2.00 bits per heavy atom. The van der Waals surface area contributed by atoms with Gasteiger partial charge in [-0.25, -0.2) is 0 Å². The molecule has 0 saturated heterocycles. The molecule has 4 heteroatoms. The number of carbonyl (C=O) groups excluding carboxylic acids is 1. The fourth-order valence-electron chi connectivity index (χ4n) is 2.80. The molecule has 1 aromatic rings. The SMILES string of the molecule is CN(CCNC(=O)C(N)c1ccccc1)C1CCCC1. The smallest absolute Gasteiger partial charge is 0.241 e. The minimum absolute atomic E-state index is 0.101. The number of nitrogens with one attached hydrogen (secondary N) is 1. The number of rotatable bonds is 6. The van der Waals surface area contributed by atoms with E-state index in [2.05, 4.69) is 17.3 Å². The van der Waals surface area contributed by atoms with E-state index >= 15 is 0 Å². The molecule has 0 bridgehead atoms. The van der Waals surface area contributed by atoms with Gasteiger partial charge in [-0.05, 0) is 25.5 Å². The average Bonchev–Trinajstić information content (AvgIpc) is 3.01. The van der Waals surface area contributed by atoms with E-state index in [-0.39, 0.29) is 5.91 Å². The zero-order valence-corrected chi connectivity index (χ0v) is 12.2. The summed E-state index contributed by atoms with van der Waals surface area (Å²) in [5.74, 6) is -0.101. The van der Waals surface area contributed by atoms with Gasteiger partial charge in [0.15, 0.2) is 0 Å². The highest BCUT2D eigenvalue weighted by Gasteiger charge is 2.20. The highest BCUT2D eigenvalue weighted by atomic mass is 16.2. The molecule has 0 heterocycles. The Balaban J connectivity index is 1.72. The van der Waals surface area contributed by atoms with Crippen LogP contribution in [0.4, 0.5) is 0 Å². The van der Waals surface area contributed by atoms with Gasteiger partial charge in [-0.3, -0.25) is 4.79 Å². The summed E-state index contributed by atoms with van der Waals surface area (Å²) in [6.07, 6.45) is 5.24. The van der Waals surface area contributed by atoms with Crippen LogP contribution in [-0.2, 0) is 4.79 Å². The number of amides is 1. The van der Waals surface area contributed by atoms with Crippen molar-refractivity contribution in [3.05, 3.63) is 35.9 Å². The average molecular weight is 275 g/mol. The highest BCUT2D eigenvalue weighted by Crippen LogP contribution is 2.21. The molecular formula is C16H25N3O. The van der Waals surface area contributed by atoms with Crippen LogP contribution in [0, 0.1) is 0 Å². The second-order valence-electron chi connectivity index (χ2n) is 5.60. The monoisotopic (exact) mass is 275 g/mol. The Hall–Kier alpha value is -1.39. The maximum absolute atomic E-state index is 12.0. The molecule has 0 aliphatic heterocycles. The van der Waals surface area contributed by atoms with Gasteiger partial charge in [-0.15, -0.1) is 0 Å². The first-order chi connectivity index (χ1) is 9.68. The highest BCUT2D eigenvalue weighted by molar-refractivity contribution is 5.82. The summed E-state index contributed by atoms with van der Waals surface area (Å²) in [5, 5.41) is 2.93. The summed E-state index contributed by atoms with van der Waals surface area (Å²) in [5.41, 5.74) is 6.81. The van der Waals surface area contributed by atoms with Crippen LogP contribution in [0.3, 0.4) is 0 Å². The number of hydrogen-bond donors (Lipinski definition) is 2. The van der Waals surface area contributed by atoms with Crippen LogP contribution in [0.5, 0.6) is 0 Å². The molecule has 0 aromatic heterocycles. The lowest BCUT2D eigenvalue weighted by atomic mass is 10.1. The number of nitrogens with zero attached hydrogens (tertiary/aromatic N) is 1. The summed E-state index contributed by atoms with van der Waals surface area (Å²) in [6, 6.07) is 9.60. The van der Waals surface area contributed by atoms with Crippen LogP contribution >= 0.6 is 0 Å². The largest absolute Gasteiger partial charge is 0.353 e. The van der Waals surface area contributed by atoms with Crippen molar-refractivity contribution in [3.63, 3.8) is 0 Å². The van der Waals surface area contributed by atoms with Gasteiger partial charge in [0, 0.05) is 19.1 Å². The lowest BCUT2D eigenvalue weighted by Crippen LogP contribution is -2.40. The molecule has 1 atom stereocenters. The third kappa shape index (κ3) is 4.05. The molecule has 1 saturated carbocycles. The predicted octanol–water partition coefficient (Wildman–Crippen LogP) is 1.68. The molecule has 3 N–H and O–H groups in total. The zero-order chi connectivity index (χ0) is 14.4. The van der Waals surface area contributed by atoms with Crippen LogP contribution < -0.4 is 11.1 Å². The molecule has 1 aliphatic carbocycles. The van der Waals surface area contributed by atoms with Crippen molar-refractivity contribution in [2.45, 2.75) is 37.8 Å². The van der Waals surface area contributed by atoms with Crippen LogP contribution in [0.25, 0.3) is 0 Å². The Morgan fingerprint density at radius 3 is 2.65 bits per heavy atom. The Kier molecular flexibility index (Phi) is 5.56. The van der Waals surface area contributed by atoms with Gasteiger partial charge >= 0.3 is 0 Å². The number of hydrogen-bond acceptors (Lipinski definition) is 3. The third-order valence-electron chi connectivity index (χ3n) is 4.15. The Labute approximate surface area is 121 Å². The maximum Gasteiger partial charge on any atom is 0.241 e. The van der Waals surface area contributed by atoms with Crippen molar-refractivity contribution < 1.29 is 4.79 Å². The van der Waals surface area contributed by atoms with Crippen molar-refractivity contribution in [2.24, 2.45) is 5.73 Å². The minimum Gasteiger partial charge on any atom is -0.353 e. The van der Waals surface area contributed by atoms with E-state index in [4.69, 9.17) is 5.73 Å². The number of nitrogens with two attached hydrogens (primary N) is 1. The first-order valence-corrected chi connectivity index (χ1v) is 7.47. The van der Waals surface area contributed by atoms with Crippen molar-refractivity contribution >= 4 is 5.91 Å². The topological polar surface area (TPSA) is 58.4 Å². The second-order valence-corrected chi connectivity index (χ2v) is 5.60. The molecule has 4 nitrogen and oxygen atoms in total. The Morgan fingerprint density at radius 1 is 1.35 bits per heavy atom. The molecular weight excluding hydrogens is 250 g/mol. The van der Waals surface area contributed by atoms with Crippen molar-refractivity contribution in [1.29, 1.82) is 0 Å². The first kappa shape index (κ1) is 15.0. The second kappa shape index (κ2) is 7.41. The predicted molar refractivity (Wildman–Crippen MR) is 81.3 cm³/mol. The molecule has 0 radical (unpaired) electrons. The van der Waals surface area contributed by atoms with E-state index < -0.39 is 6.04 Å². The standard InChI is InChI=1S/C16H25N3O/c1-19(14-9-5-6-10-14)12-11-18-16(20)15(17)13-7-3-2-4-8-13/h2-4,7-8,14-15H,5-6,9-12,17H2,1H3,(H,18,20). The maximum atomic E-state index is 12.0. The lowest BCUT2D eigenvalue weighted by Gasteiger charge is -2.24. The van der Waals surface area contributed by atoms with Crippen LogP contribution in [0.1, 0.15) is 37.3 Å². The van der Waals surface area contributed by atoms with Gasteiger partial charge in [0.25, 0.3) is 0 Å². The van der Waals surface area contributed by atoms with E-state index in [1.165, 1.54) is 25.7 Å². The lowest BCUT2D eigenvalue weighted by molar-refractivity contribution is -0.122. The van der Waals surface area contributed by atoms with Crippen LogP contribution in [0.2, 0.25) is 0 Å². The summed E-state index contributed by atoms with van der Waals surface area (Å²) in [6.45, 7) is 1.55. The van der Waals surface area contributed by atoms with Gasteiger partial charge in [-0.1, -0.05) is 43.2 Å². The van der Waals surface area contributed by atoms with Crippen LogP contribution in [-0.4, -0.2) is 37.0 Å². The minimum atomic E-state index is -0.576. The molecule has 20 heavy (non-hydrogen) atoms. The van der Waals surface area contributed by atoms with E-state index in [1.54, 1.807) is 0 Å². The summed E-state index contributed by atoms with van der Waals surface area (Å²) < 4.78 is 0. The summed E-state index contributed by atoms with van der Waals surface area (Å²) in [7, 11) is 2.14. The molecule has 0 spiro atoms. The molecule has 1 amide bonds. The molecule has 1 aromatic carbocycles. The normalized spacial score (nSPS) is 17.4. The van der Waals surface area contributed by atoms with E-state index in [9.17, 15) is 4.79 Å². The number of benzene rings is 1. The molecule has 1 unspecified atom stereocenters. The molecule has 110 valence electrons. The molecule has 1 fully saturated rings. The zero-order valence-electron chi connectivity index (χ0n) is 12.2. The quantitative estimate of drug-likeness (QED) is 0.830. The fourth-order valence-corrected chi connectivity index (χ4v) is 2.80. The van der Waals surface area contributed by atoms with E-state index in [0.717, 1.165) is 12.1 Å². The summed E-state index contributed by atoms with van der Waals surface area (Å²) >= 11 is 0. The van der Waals surface area contributed by atoms with E-state index in [0.29, 0.717) is 12.6 Å². The molecule has 1 aliphatic rings. The number of carbonyl (C=O) groups is 1. The van der Waals surface area contributed by atoms with Gasteiger partial charge in [-0.2, -0.15) is 0 Å². The third-order valence-corrected chi connectivity index (χ3v) is 4.15.